The molecule has 0 N–H and O–H groups in total. The maximum absolute atomic E-state index is 13.3. The molecule has 0 aromatic heterocycles. The molecule has 0 spiro atoms. The molecule has 1 saturated heterocycles. The number of carbonyl (C=O) groups is 2. The summed E-state index contributed by atoms with van der Waals surface area (Å²) in [7, 11) is 3.07. The molecule has 2 amide bonds. The van der Waals surface area contributed by atoms with Crippen LogP contribution in [-0.2, 0) is 16.2 Å². The van der Waals surface area contributed by atoms with E-state index in [0.29, 0.717) is 11.3 Å². The van der Waals surface area contributed by atoms with E-state index in [4.69, 9.17) is 17.0 Å². The Bertz CT molecular complexity index is 983. The molecule has 5 nitrogen and oxygen atoms in total. The van der Waals surface area contributed by atoms with Crippen LogP contribution in [0.2, 0.25) is 0 Å². The van der Waals surface area contributed by atoms with Crippen LogP contribution in [-0.4, -0.2) is 40.8 Å². The first-order valence-electron chi connectivity index (χ1n) is 8.26. The van der Waals surface area contributed by atoms with Crippen molar-refractivity contribution in [3.63, 3.8) is 0 Å². The van der Waals surface area contributed by atoms with E-state index >= 15 is 0 Å². The van der Waals surface area contributed by atoms with Gasteiger partial charge in [-0.3, -0.25) is 19.4 Å². The molecule has 0 atom stereocenters. The molecule has 1 heterocycles. The van der Waals surface area contributed by atoms with Gasteiger partial charge >= 0.3 is 0 Å². The Morgan fingerprint density at radius 2 is 1.79 bits per heavy atom. The van der Waals surface area contributed by atoms with Crippen molar-refractivity contribution in [1.29, 1.82) is 0 Å². The number of hydrogen-bond acceptors (Lipinski definition) is 4. The number of likely N-dealkylation sites (N-methyl/N-ethyl adjacent to an activating group) is 2. The van der Waals surface area contributed by atoms with Crippen LogP contribution >= 0.6 is 34.8 Å². The van der Waals surface area contributed by atoms with Crippen molar-refractivity contribution in [2.45, 2.75) is 6.61 Å². The van der Waals surface area contributed by atoms with Gasteiger partial charge in [-0.05, 0) is 76.3 Å². The van der Waals surface area contributed by atoms with Gasteiger partial charge in [0.05, 0.1) is 3.57 Å². The topological polar surface area (TPSA) is 49.9 Å². The highest BCUT2D eigenvalue weighted by molar-refractivity contribution is 14.1. The monoisotopic (exact) mass is 510 g/mol. The van der Waals surface area contributed by atoms with E-state index in [-0.39, 0.29) is 23.1 Å². The van der Waals surface area contributed by atoms with Gasteiger partial charge in [0.1, 0.15) is 23.7 Å². The molecule has 0 saturated carbocycles. The highest BCUT2D eigenvalue weighted by Gasteiger charge is 2.35. The van der Waals surface area contributed by atoms with Gasteiger partial charge in [0, 0.05) is 14.1 Å². The average Bonchev–Trinajstić information content (AvgIpc) is 2.67. The van der Waals surface area contributed by atoms with Crippen LogP contribution in [0.4, 0.5) is 4.39 Å². The molecule has 0 radical (unpaired) electrons. The molecule has 1 aliphatic heterocycles. The molecular formula is C20H16FIN2O3S. The van der Waals surface area contributed by atoms with Gasteiger partial charge in [0.25, 0.3) is 11.8 Å². The van der Waals surface area contributed by atoms with Gasteiger partial charge < -0.3 is 4.74 Å². The summed E-state index contributed by atoms with van der Waals surface area (Å²) in [5, 5.41) is 0.169. The van der Waals surface area contributed by atoms with Crippen LogP contribution in [0, 0.1) is 9.39 Å². The summed E-state index contributed by atoms with van der Waals surface area (Å²) < 4.78 is 19.8. The summed E-state index contributed by atoms with van der Waals surface area (Å²) in [5.41, 5.74) is 1.46. The Kier molecular flexibility index (Phi) is 6.09. The summed E-state index contributed by atoms with van der Waals surface area (Å²) in [4.78, 5) is 27.3. The maximum Gasteiger partial charge on any atom is 0.265 e. The first kappa shape index (κ1) is 20.4. The van der Waals surface area contributed by atoms with Crippen LogP contribution in [0.25, 0.3) is 6.08 Å². The van der Waals surface area contributed by atoms with E-state index in [0.717, 1.165) is 9.13 Å². The van der Waals surface area contributed by atoms with E-state index in [2.05, 4.69) is 22.6 Å². The molecule has 3 rings (SSSR count). The number of hydrogen-bond donors (Lipinski definition) is 0. The summed E-state index contributed by atoms with van der Waals surface area (Å²) in [5.74, 6) is -0.554. The van der Waals surface area contributed by atoms with Gasteiger partial charge in [-0.1, -0.05) is 18.2 Å². The SMILES string of the molecule is CN1C(=O)C(=Cc2ccc(OCc3cccc(F)c3)c(I)c2)C(=O)N(C)C1=S. The lowest BCUT2D eigenvalue weighted by Gasteiger charge is -2.31. The van der Waals surface area contributed by atoms with E-state index in [1.807, 2.05) is 6.07 Å². The highest BCUT2D eigenvalue weighted by atomic mass is 127. The number of rotatable bonds is 4. The predicted octanol–water partition coefficient (Wildman–Crippen LogP) is 3.61. The van der Waals surface area contributed by atoms with E-state index in [1.165, 1.54) is 42.1 Å². The van der Waals surface area contributed by atoms with Gasteiger partial charge in [0.2, 0.25) is 0 Å². The van der Waals surface area contributed by atoms with Crippen molar-refractivity contribution in [3.8, 4) is 5.75 Å². The number of benzene rings is 2. The Morgan fingerprint density at radius 1 is 1.11 bits per heavy atom. The van der Waals surface area contributed by atoms with Crippen LogP contribution < -0.4 is 4.74 Å². The Morgan fingerprint density at radius 3 is 2.39 bits per heavy atom. The van der Waals surface area contributed by atoms with Crippen molar-refractivity contribution in [3.05, 3.63) is 68.6 Å². The normalized spacial score (nSPS) is 14.6. The first-order chi connectivity index (χ1) is 13.3. The van der Waals surface area contributed by atoms with Crippen molar-refractivity contribution in [1.82, 2.24) is 9.80 Å². The third-order valence-corrected chi connectivity index (χ3v) is 5.58. The third kappa shape index (κ3) is 4.22. The fourth-order valence-corrected chi connectivity index (χ4v) is 3.51. The smallest absolute Gasteiger partial charge is 0.265 e. The zero-order valence-corrected chi connectivity index (χ0v) is 18.1. The zero-order valence-electron chi connectivity index (χ0n) is 15.1. The summed E-state index contributed by atoms with van der Waals surface area (Å²) in [6.45, 7) is 0.234. The van der Waals surface area contributed by atoms with E-state index in [1.54, 1.807) is 24.3 Å². The zero-order chi connectivity index (χ0) is 20.4. The fraction of sp³-hybridized carbons (Fsp3) is 0.150. The Labute approximate surface area is 180 Å². The minimum absolute atomic E-state index is 0.0443. The van der Waals surface area contributed by atoms with Crippen LogP contribution in [0.15, 0.2) is 48.0 Å². The molecule has 0 unspecified atom stereocenters. The highest BCUT2D eigenvalue weighted by Crippen LogP contribution is 2.25. The molecule has 1 fully saturated rings. The maximum atomic E-state index is 13.3. The number of halogens is 2. The van der Waals surface area contributed by atoms with Gasteiger partial charge in [-0.25, -0.2) is 4.39 Å². The second-order valence-corrected chi connectivity index (χ2v) is 7.70. The summed E-state index contributed by atoms with van der Waals surface area (Å²) in [6, 6.07) is 11.5. The molecule has 1 aliphatic rings. The molecule has 28 heavy (non-hydrogen) atoms. The lowest BCUT2D eigenvalue weighted by atomic mass is 10.1. The lowest BCUT2D eigenvalue weighted by Crippen LogP contribution is -2.52. The first-order valence-corrected chi connectivity index (χ1v) is 9.75. The molecule has 2 aromatic rings. The molecule has 144 valence electrons. The molecule has 2 aromatic carbocycles. The van der Waals surface area contributed by atoms with Crippen LogP contribution in [0.1, 0.15) is 11.1 Å². The van der Waals surface area contributed by atoms with Crippen molar-refractivity contribution < 1.29 is 18.7 Å². The van der Waals surface area contributed by atoms with Crippen molar-refractivity contribution >= 4 is 57.8 Å². The lowest BCUT2D eigenvalue weighted by molar-refractivity contribution is -0.132. The van der Waals surface area contributed by atoms with Crippen LogP contribution in [0.5, 0.6) is 5.75 Å². The number of ether oxygens (including phenoxy) is 1. The molecule has 8 heteroatoms. The van der Waals surface area contributed by atoms with E-state index < -0.39 is 11.8 Å². The number of carbonyl (C=O) groups excluding carboxylic acids is 2. The van der Waals surface area contributed by atoms with E-state index in [9.17, 15) is 14.0 Å². The van der Waals surface area contributed by atoms with Crippen molar-refractivity contribution in [2.75, 3.05) is 14.1 Å². The van der Waals surface area contributed by atoms with Gasteiger partial charge in [-0.2, -0.15) is 0 Å². The number of amides is 2. The molecule has 0 aliphatic carbocycles. The third-order valence-electron chi connectivity index (χ3n) is 4.19. The number of thiocarbonyl (C=S) groups is 1. The Hall–Kier alpha value is -2.33. The molecule has 0 bridgehead atoms. The molecular weight excluding hydrogens is 494 g/mol. The minimum Gasteiger partial charge on any atom is -0.488 e. The average molecular weight is 510 g/mol. The quantitative estimate of drug-likeness (QED) is 0.273. The fourth-order valence-electron chi connectivity index (χ4n) is 2.65. The van der Waals surface area contributed by atoms with Crippen LogP contribution in [0.3, 0.4) is 0 Å². The minimum atomic E-state index is -0.436. The second-order valence-electron chi connectivity index (χ2n) is 6.18. The largest absolute Gasteiger partial charge is 0.488 e. The number of nitrogens with zero attached hydrogens (tertiary/aromatic N) is 2. The van der Waals surface area contributed by atoms with Gasteiger partial charge in [-0.15, -0.1) is 0 Å². The summed E-state index contributed by atoms with van der Waals surface area (Å²) >= 11 is 7.19. The Balaban J connectivity index is 1.80. The second kappa shape index (κ2) is 8.36. The summed E-state index contributed by atoms with van der Waals surface area (Å²) in [6.07, 6.45) is 1.54. The van der Waals surface area contributed by atoms with Gasteiger partial charge in [0.15, 0.2) is 5.11 Å². The van der Waals surface area contributed by atoms with Crippen molar-refractivity contribution in [2.24, 2.45) is 0 Å². The standard InChI is InChI=1S/C20H16FIN2O3S/c1-23-18(25)15(19(26)24(2)20(23)28)9-12-6-7-17(16(22)10-12)27-11-13-4-3-5-14(21)8-13/h3-10H,11H2,1-2H3. The predicted molar refractivity (Wildman–Crippen MR) is 116 cm³/mol.